The lowest BCUT2D eigenvalue weighted by Gasteiger charge is -2.34. The number of nitrogens with one attached hydrogen (secondary N) is 1. The summed E-state index contributed by atoms with van der Waals surface area (Å²) >= 11 is 0. The summed E-state index contributed by atoms with van der Waals surface area (Å²) in [6.07, 6.45) is 3.90. The van der Waals surface area contributed by atoms with Crippen LogP contribution in [0.15, 0.2) is 18.2 Å². The normalized spacial score (nSPS) is 19.9. The number of hydrogen-bond acceptors (Lipinski definition) is 2. The Labute approximate surface area is 118 Å². The monoisotopic (exact) mass is 260 g/mol. The number of hydrogen-bond donors (Lipinski definition) is 1. The van der Waals surface area contributed by atoms with Gasteiger partial charge in [0.25, 0.3) is 0 Å². The Morgan fingerprint density at radius 3 is 2.53 bits per heavy atom. The van der Waals surface area contributed by atoms with Crippen molar-refractivity contribution >= 4 is 0 Å². The van der Waals surface area contributed by atoms with Crippen molar-refractivity contribution in [1.29, 1.82) is 0 Å². The largest absolute Gasteiger partial charge is 0.315 e. The minimum Gasteiger partial charge on any atom is -0.315 e. The summed E-state index contributed by atoms with van der Waals surface area (Å²) in [5.41, 5.74) is 4.23. The van der Waals surface area contributed by atoms with Gasteiger partial charge in [-0.05, 0) is 51.8 Å². The fraction of sp³-hybridized carbons (Fsp3) is 0.647. The zero-order valence-electron chi connectivity index (χ0n) is 12.7. The van der Waals surface area contributed by atoms with Crippen LogP contribution in [0.25, 0.3) is 0 Å². The molecule has 1 aromatic rings. The summed E-state index contributed by atoms with van der Waals surface area (Å²) in [5, 5.41) is 3.54. The molecule has 1 aliphatic heterocycles. The molecule has 1 fully saturated rings. The Morgan fingerprint density at radius 1 is 1.21 bits per heavy atom. The SMILES string of the molecule is CCCN(Cc1cc(C)cc(C)c1)C1CCCNC1. The number of nitrogens with zero attached hydrogens (tertiary/aromatic N) is 1. The maximum atomic E-state index is 3.54. The zero-order chi connectivity index (χ0) is 13.7. The molecule has 1 unspecified atom stereocenters. The lowest BCUT2D eigenvalue weighted by Crippen LogP contribution is -2.45. The molecule has 0 spiro atoms. The molecule has 0 radical (unpaired) electrons. The van der Waals surface area contributed by atoms with E-state index in [0.717, 1.165) is 19.1 Å². The molecule has 2 nitrogen and oxygen atoms in total. The standard InChI is InChI=1S/C17H28N2/c1-4-8-19(17-6-5-7-18-12-17)13-16-10-14(2)9-15(3)11-16/h9-11,17-18H,4-8,12-13H2,1-3H3. The molecule has 1 atom stereocenters. The van der Waals surface area contributed by atoms with Gasteiger partial charge in [-0.2, -0.15) is 0 Å². The minimum absolute atomic E-state index is 0.717. The van der Waals surface area contributed by atoms with E-state index < -0.39 is 0 Å². The summed E-state index contributed by atoms with van der Waals surface area (Å²) < 4.78 is 0. The van der Waals surface area contributed by atoms with E-state index in [0.29, 0.717) is 0 Å². The highest BCUT2D eigenvalue weighted by Crippen LogP contribution is 2.17. The van der Waals surface area contributed by atoms with Crippen LogP contribution in [0.5, 0.6) is 0 Å². The van der Waals surface area contributed by atoms with Crippen LogP contribution in [0.2, 0.25) is 0 Å². The Hall–Kier alpha value is -0.860. The predicted molar refractivity (Wildman–Crippen MR) is 82.5 cm³/mol. The lowest BCUT2D eigenvalue weighted by molar-refractivity contribution is 0.158. The van der Waals surface area contributed by atoms with Crippen LogP contribution in [0.3, 0.4) is 0 Å². The maximum absolute atomic E-state index is 3.54. The Morgan fingerprint density at radius 2 is 1.95 bits per heavy atom. The van der Waals surface area contributed by atoms with Gasteiger partial charge in [0.15, 0.2) is 0 Å². The summed E-state index contributed by atoms with van der Waals surface area (Å²) in [4.78, 5) is 2.67. The molecule has 0 aromatic heterocycles. The first-order chi connectivity index (χ1) is 9.19. The molecule has 0 aliphatic carbocycles. The van der Waals surface area contributed by atoms with Crippen LogP contribution >= 0.6 is 0 Å². The first kappa shape index (κ1) is 14.5. The van der Waals surface area contributed by atoms with E-state index >= 15 is 0 Å². The zero-order valence-corrected chi connectivity index (χ0v) is 12.7. The second kappa shape index (κ2) is 7.06. The molecular weight excluding hydrogens is 232 g/mol. The Bertz CT molecular complexity index is 374. The highest BCUT2D eigenvalue weighted by Gasteiger charge is 2.20. The molecule has 1 saturated heterocycles. The number of piperidine rings is 1. The second-order valence-electron chi connectivity index (χ2n) is 5.97. The molecule has 2 rings (SSSR count). The Kier molecular flexibility index (Phi) is 5.41. The number of rotatable bonds is 5. The van der Waals surface area contributed by atoms with Crippen LogP contribution in [0, 0.1) is 13.8 Å². The fourth-order valence-corrected chi connectivity index (χ4v) is 3.22. The third kappa shape index (κ3) is 4.32. The highest BCUT2D eigenvalue weighted by molar-refractivity contribution is 5.28. The van der Waals surface area contributed by atoms with Crippen molar-refractivity contribution in [2.45, 2.75) is 52.6 Å². The molecule has 1 N–H and O–H groups in total. The van der Waals surface area contributed by atoms with Crippen LogP contribution in [-0.4, -0.2) is 30.6 Å². The van der Waals surface area contributed by atoms with Crippen LogP contribution in [0.1, 0.15) is 42.9 Å². The highest BCUT2D eigenvalue weighted by atomic mass is 15.2. The first-order valence-corrected chi connectivity index (χ1v) is 7.71. The van der Waals surface area contributed by atoms with Gasteiger partial charge in [0.05, 0.1) is 0 Å². The van der Waals surface area contributed by atoms with Gasteiger partial charge >= 0.3 is 0 Å². The van der Waals surface area contributed by atoms with Gasteiger partial charge < -0.3 is 5.32 Å². The van der Waals surface area contributed by atoms with Gasteiger partial charge in [0.1, 0.15) is 0 Å². The van der Waals surface area contributed by atoms with Gasteiger partial charge in [0.2, 0.25) is 0 Å². The van der Waals surface area contributed by atoms with E-state index in [1.54, 1.807) is 0 Å². The van der Waals surface area contributed by atoms with E-state index in [2.05, 4.69) is 49.2 Å². The van der Waals surface area contributed by atoms with Gasteiger partial charge in [-0.3, -0.25) is 4.90 Å². The summed E-state index contributed by atoms with van der Waals surface area (Å²) in [7, 11) is 0. The topological polar surface area (TPSA) is 15.3 Å². The average Bonchev–Trinajstić information content (AvgIpc) is 2.38. The summed E-state index contributed by atoms with van der Waals surface area (Å²) in [6.45, 7) is 11.3. The molecule has 106 valence electrons. The van der Waals surface area contributed by atoms with Gasteiger partial charge in [-0.25, -0.2) is 0 Å². The molecule has 1 heterocycles. The van der Waals surface area contributed by atoms with Crippen LogP contribution in [0.4, 0.5) is 0 Å². The minimum atomic E-state index is 0.717. The van der Waals surface area contributed by atoms with E-state index in [9.17, 15) is 0 Å². The molecule has 0 amide bonds. The van der Waals surface area contributed by atoms with E-state index in [1.807, 2.05) is 0 Å². The fourth-order valence-electron chi connectivity index (χ4n) is 3.22. The molecular formula is C17H28N2. The molecule has 1 aliphatic rings. The van der Waals surface area contributed by atoms with Crippen molar-refractivity contribution in [3.8, 4) is 0 Å². The Balaban J connectivity index is 2.06. The number of aryl methyl sites for hydroxylation is 2. The third-order valence-corrected chi connectivity index (χ3v) is 3.97. The summed E-state index contributed by atoms with van der Waals surface area (Å²) in [5.74, 6) is 0. The molecule has 1 aromatic carbocycles. The van der Waals surface area contributed by atoms with E-state index in [-0.39, 0.29) is 0 Å². The van der Waals surface area contributed by atoms with E-state index in [1.165, 1.54) is 49.0 Å². The van der Waals surface area contributed by atoms with Gasteiger partial charge in [0, 0.05) is 19.1 Å². The molecule has 19 heavy (non-hydrogen) atoms. The second-order valence-corrected chi connectivity index (χ2v) is 5.97. The third-order valence-electron chi connectivity index (χ3n) is 3.97. The quantitative estimate of drug-likeness (QED) is 0.874. The molecule has 2 heteroatoms. The molecule has 0 saturated carbocycles. The summed E-state index contributed by atoms with van der Waals surface area (Å²) in [6, 6.07) is 7.66. The smallest absolute Gasteiger partial charge is 0.0237 e. The lowest BCUT2D eigenvalue weighted by atomic mass is 10.0. The predicted octanol–water partition coefficient (Wildman–Crippen LogP) is 3.27. The van der Waals surface area contributed by atoms with Crippen molar-refractivity contribution in [3.05, 3.63) is 34.9 Å². The molecule has 0 bridgehead atoms. The maximum Gasteiger partial charge on any atom is 0.0237 e. The van der Waals surface area contributed by atoms with Crippen LogP contribution < -0.4 is 5.32 Å². The van der Waals surface area contributed by atoms with Crippen molar-refractivity contribution in [2.24, 2.45) is 0 Å². The van der Waals surface area contributed by atoms with Crippen LogP contribution in [-0.2, 0) is 6.54 Å². The van der Waals surface area contributed by atoms with Crippen molar-refractivity contribution in [1.82, 2.24) is 10.2 Å². The van der Waals surface area contributed by atoms with Gasteiger partial charge in [-0.1, -0.05) is 36.2 Å². The first-order valence-electron chi connectivity index (χ1n) is 7.71. The van der Waals surface area contributed by atoms with Crippen molar-refractivity contribution in [3.63, 3.8) is 0 Å². The van der Waals surface area contributed by atoms with Crippen molar-refractivity contribution in [2.75, 3.05) is 19.6 Å². The van der Waals surface area contributed by atoms with Crippen molar-refractivity contribution < 1.29 is 0 Å². The van der Waals surface area contributed by atoms with Gasteiger partial charge in [-0.15, -0.1) is 0 Å². The van der Waals surface area contributed by atoms with E-state index in [4.69, 9.17) is 0 Å². The number of benzene rings is 1. The average molecular weight is 260 g/mol.